The van der Waals surface area contributed by atoms with Crippen molar-refractivity contribution in [3.8, 4) is 22.8 Å². The number of aromatic nitrogens is 3. The van der Waals surface area contributed by atoms with E-state index >= 15 is 0 Å². The van der Waals surface area contributed by atoms with Crippen LogP contribution in [0, 0.1) is 6.92 Å². The number of anilines is 2. The first-order valence-electron chi connectivity index (χ1n) is 9.33. The molecule has 146 valence electrons. The second-order valence-corrected chi connectivity index (χ2v) is 6.60. The minimum absolute atomic E-state index is 0.379. The molecule has 0 aromatic carbocycles. The fourth-order valence-electron chi connectivity index (χ4n) is 3.33. The maximum Gasteiger partial charge on any atom is 0.179 e. The van der Waals surface area contributed by atoms with Gasteiger partial charge in [-0.2, -0.15) is 0 Å². The zero-order valence-corrected chi connectivity index (χ0v) is 16.3. The molecule has 2 aromatic heterocycles. The van der Waals surface area contributed by atoms with E-state index in [0.717, 1.165) is 13.0 Å². The number of methoxy groups -OCH3 is 1. The van der Waals surface area contributed by atoms with Gasteiger partial charge in [0, 0.05) is 19.7 Å². The molecule has 3 N–H and O–H groups in total. The van der Waals surface area contributed by atoms with Crippen molar-refractivity contribution in [3.63, 3.8) is 0 Å². The number of hydrogen-bond donors (Lipinski definition) is 2. The fraction of sp³-hybridized carbons (Fsp3) is 0.526. The van der Waals surface area contributed by atoms with E-state index in [4.69, 9.17) is 15.2 Å². The lowest BCUT2D eigenvalue weighted by atomic mass is 10.1. The molecule has 1 saturated heterocycles. The molecule has 3 rings (SSSR count). The molecule has 1 aliphatic heterocycles. The average molecular weight is 372 g/mol. The molecule has 27 heavy (non-hydrogen) atoms. The van der Waals surface area contributed by atoms with E-state index in [1.165, 1.54) is 25.9 Å². The molecule has 2 aromatic rings. The fourth-order valence-corrected chi connectivity index (χ4v) is 3.33. The lowest BCUT2D eigenvalue weighted by Crippen LogP contribution is -2.22. The van der Waals surface area contributed by atoms with E-state index < -0.39 is 0 Å². The standard InChI is InChI=1S/C19H28N6O2/c1-13-23-18(20)17(19(21-2)24-13)14-11-15(16(26-3)12-22-14)27-10-6-9-25-7-4-5-8-25/h11-12H,4-10H2,1-3H3,(H3,20,21,23,24). The van der Waals surface area contributed by atoms with Crippen LogP contribution < -0.4 is 20.5 Å². The predicted molar refractivity (Wildman–Crippen MR) is 106 cm³/mol. The number of rotatable bonds is 8. The highest BCUT2D eigenvalue weighted by Gasteiger charge is 2.17. The Labute approximate surface area is 160 Å². The number of likely N-dealkylation sites (tertiary alicyclic amines) is 1. The second kappa shape index (κ2) is 8.85. The summed E-state index contributed by atoms with van der Waals surface area (Å²) in [5.74, 6) is 2.86. The van der Waals surface area contributed by atoms with Gasteiger partial charge in [-0.05, 0) is 39.3 Å². The Morgan fingerprint density at radius 2 is 2.00 bits per heavy atom. The van der Waals surface area contributed by atoms with Crippen LogP contribution in [0.3, 0.4) is 0 Å². The molecule has 0 aliphatic carbocycles. The number of ether oxygens (including phenoxy) is 2. The number of nitrogens with two attached hydrogens (primary N) is 1. The van der Waals surface area contributed by atoms with Crippen molar-refractivity contribution in [1.82, 2.24) is 19.9 Å². The van der Waals surface area contributed by atoms with Gasteiger partial charge in [0.2, 0.25) is 0 Å². The van der Waals surface area contributed by atoms with Gasteiger partial charge < -0.3 is 25.4 Å². The zero-order valence-electron chi connectivity index (χ0n) is 16.3. The summed E-state index contributed by atoms with van der Waals surface area (Å²) in [4.78, 5) is 15.6. The lowest BCUT2D eigenvalue weighted by molar-refractivity contribution is 0.254. The first kappa shape index (κ1) is 19.2. The topological polar surface area (TPSA) is 98.4 Å². The van der Waals surface area contributed by atoms with Gasteiger partial charge >= 0.3 is 0 Å². The highest BCUT2D eigenvalue weighted by atomic mass is 16.5. The highest BCUT2D eigenvalue weighted by molar-refractivity contribution is 5.82. The molecule has 8 heteroatoms. The second-order valence-electron chi connectivity index (χ2n) is 6.60. The molecular weight excluding hydrogens is 344 g/mol. The lowest BCUT2D eigenvalue weighted by Gasteiger charge is -2.16. The van der Waals surface area contributed by atoms with Gasteiger partial charge in [-0.15, -0.1) is 0 Å². The van der Waals surface area contributed by atoms with Crippen molar-refractivity contribution in [2.24, 2.45) is 0 Å². The van der Waals surface area contributed by atoms with Crippen LogP contribution in [0.2, 0.25) is 0 Å². The Balaban J connectivity index is 1.77. The van der Waals surface area contributed by atoms with Crippen LogP contribution in [0.15, 0.2) is 12.3 Å². The van der Waals surface area contributed by atoms with Crippen LogP contribution in [0.25, 0.3) is 11.3 Å². The summed E-state index contributed by atoms with van der Waals surface area (Å²) < 4.78 is 11.4. The maximum atomic E-state index is 6.13. The number of aryl methyl sites for hydroxylation is 1. The van der Waals surface area contributed by atoms with Gasteiger partial charge in [-0.1, -0.05) is 0 Å². The highest BCUT2D eigenvalue weighted by Crippen LogP contribution is 2.35. The van der Waals surface area contributed by atoms with Gasteiger partial charge in [0.25, 0.3) is 0 Å². The largest absolute Gasteiger partial charge is 0.491 e. The minimum Gasteiger partial charge on any atom is -0.491 e. The molecule has 0 amide bonds. The summed E-state index contributed by atoms with van der Waals surface area (Å²) in [6, 6.07) is 1.83. The number of nitrogens with zero attached hydrogens (tertiary/aromatic N) is 4. The molecular formula is C19H28N6O2. The third-order valence-electron chi connectivity index (χ3n) is 4.67. The normalized spacial score (nSPS) is 14.3. The smallest absolute Gasteiger partial charge is 0.179 e. The molecule has 1 aliphatic rings. The first-order chi connectivity index (χ1) is 13.1. The van der Waals surface area contributed by atoms with E-state index in [9.17, 15) is 0 Å². The quantitative estimate of drug-likeness (QED) is 0.682. The van der Waals surface area contributed by atoms with Crippen molar-refractivity contribution in [2.45, 2.75) is 26.2 Å². The minimum atomic E-state index is 0.379. The van der Waals surface area contributed by atoms with Crippen molar-refractivity contribution in [1.29, 1.82) is 0 Å². The van der Waals surface area contributed by atoms with Crippen molar-refractivity contribution in [2.75, 3.05) is 51.4 Å². The number of hydrogen-bond acceptors (Lipinski definition) is 8. The molecule has 0 spiro atoms. The van der Waals surface area contributed by atoms with Gasteiger partial charge in [0.05, 0.1) is 31.2 Å². The van der Waals surface area contributed by atoms with Crippen LogP contribution in [-0.4, -0.2) is 60.3 Å². The molecule has 1 fully saturated rings. The number of nitrogens with one attached hydrogen (secondary N) is 1. The first-order valence-corrected chi connectivity index (χ1v) is 9.33. The molecule has 3 heterocycles. The molecule has 8 nitrogen and oxygen atoms in total. The summed E-state index contributed by atoms with van der Waals surface area (Å²) in [5, 5.41) is 3.06. The SMILES string of the molecule is CNc1nc(C)nc(N)c1-c1cc(OCCCN2CCCC2)c(OC)cn1. The summed E-state index contributed by atoms with van der Waals surface area (Å²) >= 11 is 0. The van der Waals surface area contributed by atoms with Crippen LogP contribution in [0.1, 0.15) is 25.1 Å². The van der Waals surface area contributed by atoms with Crippen LogP contribution in [-0.2, 0) is 0 Å². The maximum absolute atomic E-state index is 6.13. The summed E-state index contributed by atoms with van der Waals surface area (Å²) in [6.45, 7) is 5.87. The van der Waals surface area contributed by atoms with Crippen LogP contribution >= 0.6 is 0 Å². The van der Waals surface area contributed by atoms with E-state index in [1.54, 1.807) is 27.3 Å². The van der Waals surface area contributed by atoms with E-state index in [1.807, 2.05) is 6.07 Å². The Morgan fingerprint density at radius 3 is 2.70 bits per heavy atom. The molecule has 0 unspecified atom stereocenters. The van der Waals surface area contributed by atoms with Crippen molar-refractivity contribution in [3.05, 3.63) is 18.1 Å². The zero-order chi connectivity index (χ0) is 19.2. The summed E-state index contributed by atoms with van der Waals surface area (Å²) in [6.07, 6.45) is 5.22. The summed E-state index contributed by atoms with van der Waals surface area (Å²) in [5.41, 5.74) is 7.44. The van der Waals surface area contributed by atoms with Crippen LogP contribution in [0.4, 0.5) is 11.6 Å². The van der Waals surface area contributed by atoms with Gasteiger partial charge in [0.15, 0.2) is 11.5 Å². The Bertz CT molecular complexity index is 777. The third-order valence-corrected chi connectivity index (χ3v) is 4.67. The van der Waals surface area contributed by atoms with Crippen molar-refractivity contribution < 1.29 is 9.47 Å². The van der Waals surface area contributed by atoms with Gasteiger partial charge in [-0.25, -0.2) is 9.97 Å². The van der Waals surface area contributed by atoms with Gasteiger partial charge in [0.1, 0.15) is 17.5 Å². The van der Waals surface area contributed by atoms with E-state index in [2.05, 4.69) is 25.2 Å². The van der Waals surface area contributed by atoms with Gasteiger partial charge in [-0.3, -0.25) is 4.98 Å². The van der Waals surface area contributed by atoms with Crippen molar-refractivity contribution >= 4 is 11.6 Å². The average Bonchev–Trinajstić information content (AvgIpc) is 3.18. The monoisotopic (exact) mass is 372 g/mol. The summed E-state index contributed by atoms with van der Waals surface area (Å²) in [7, 11) is 3.40. The molecule has 0 atom stereocenters. The van der Waals surface area contributed by atoms with E-state index in [-0.39, 0.29) is 0 Å². The number of pyridine rings is 1. The molecule has 0 bridgehead atoms. The molecule has 0 radical (unpaired) electrons. The Hall–Kier alpha value is -2.61. The third kappa shape index (κ3) is 4.57. The van der Waals surface area contributed by atoms with E-state index in [0.29, 0.717) is 46.8 Å². The Morgan fingerprint density at radius 1 is 1.22 bits per heavy atom. The molecule has 0 saturated carbocycles. The van der Waals surface area contributed by atoms with Crippen LogP contribution in [0.5, 0.6) is 11.5 Å². The predicted octanol–water partition coefficient (Wildman–Crippen LogP) is 2.34. The number of nitrogen functional groups attached to an aromatic ring is 1. The Kier molecular flexibility index (Phi) is 6.28.